The molecule has 0 aliphatic rings. The van der Waals surface area contributed by atoms with Gasteiger partial charge in [-0.15, -0.1) is 0 Å². The summed E-state index contributed by atoms with van der Waals surface area (Å²) >= 11 is 0. The standard InChI is InChI=1S/C19H18N2O3/c20-16(10-14-11-21-17-9-5-4-8-15(14)17)19(23)24-12-18(22)13-6-2-1-3-7-13/h1-9,11,16,21H,10,12,20H2. The Morgan fingerprint density at radius 3 is 2.54 bits per heavy atom. The van der Waals surface area contributed by atoms with Crippen molar-refractivity contribution in [3.63, 3.8) is 0 Å². The van der Waals surface area contributed by atoms with Gasteiger partial charge >= 0.3 is 5.97 Å². The van der Waals surface area contributed by atoms with Crippen LogP contribution in [0.15, 0.2) is 60.8 Å². The van der Waals surface area contributed by atoms with E-state index in [-0.39, 0.29) is 12.4 Å². The quantitative estimate of drug-likeness (QED) is 0.539. The van der Waals surface area contributed by atoms with Crippen LogP contribution in [0.1, 0.15) is 15.9 Å². The smallest absolute Gasteiger partial charge is 0.323 e. The fourth-order valence-electron chi connectivity index (χ4n) is 2.57. The van der Waals surface area contributed by atoms with Crippen LogP contribution in [0.3, 0.4) is 0 Å². The maximum Gasteiger partial charge on any atom is 0.323 e. The lowest BCUT2D eigenvalue weighted by Gasteiger charge is -2.11. The van der Waals surface area contributed by atoms with Crippen LogP contribution in [-0.4, -0.2) is 29.4 Å². The van der Waals surface area contributed by atoms with E-state index in [1.807, 2.05) is 36.5 Å². The Hall–Kier alpha value is -2.92. The number of carbonyl (C=O) groups excluding carboxylic acids is 2. The molecule has 0 saturated heterocycles. The Labute approximate surface area is 139 Å². The number of hydrogen-bond donors (Lipinski definition) is 2. The number of nitrogens with two attached hydrogens (primary N) is 1. The van der Waals surface area contributed by atoms with Gasteiger partial charge in [-0.2, -0.15) is 0 Å². The lowest BCUT2D eigenvalue weighted by molar-refractivity contribution is -0.144. The summed E-state index contributed by atoms with van der Waals surface area (Å²) in [7, 11) is 0. The van der Waals surface area contributed by atoms with Gasteiger partial charge in [-0.1, -0.05) is 48.5 Å². The van der Waals surface area contributed by atoms with E-state index in [9.17, 15) is 9.59 Å². The first-order chi connectivity index (χ1) is 11.6. The van der Waals surface area contributed by atoms with Crippen LogP contribution in [0, 0.1) is 0 Å². The number of aromatic nitrogens is 1. The SMILES string of the molecule is NC(Cc1c[nH]c2ccccc12)C(=O)OCC(=O)c1ccccc1. The predicted octanol–water partition coefficient (Wildman–Crippen LogP) is 2.46. The third-order valence-electron chi connectivity index (χ3n) is 3.86. The van der Waals surface area contributed by atoms with Crippen LogP contribution < -0.4 is 5.73 Å². The Morgan fingerprint density at radius 2 is 1.75 bits per heavy atom. The summed E-state index contributed by atoms with van der Waals surface area (Å²) in [6.45, 7) is -0.301. The molecule has 1 atom stereocenters. The third-order valence-corrected chi connectivity index (χ3v) is 3.86. The minimum Gasteiger partial charge on any atom is -0.456 e. The summed E-state index contributed by atoms with van der Waals surface area (Å²) in [5.74, 6) is -0.826. The number of ketones is 1. The molecule has 2 aromatic carbocycles. The molecule has 0 amide bonds. The van der Waals surface area contributed by atoms with Gasteiger partial charge in [0.05, 0.1) is 0 Å². The molecule has 122 valence electrons. The molecule has 24 heavy (non-hydrogen) atoms. The van der Waals surface area contributed by atoms with Gasteiger partial charge in [0.25, 0.3) is 0 Å². The second-order valence-electron chi connectivity index (χ2n) is 5.57. The largest absolute Gasteiger partial charge is 0.456 e. The molecule has 0 saturated carbocycles. The number of H-pyrrole nitrogens is 1. The molecule has 1 heterocycles. The fraction of sp³-hybridized carbons (Fsp3) is 0.158. The number of aromatic amines is 1. The van der Waals surface area contributed by atoms with E-state index in [1.165, 1.54) is 0 Å². The van der Waals surface area contributed by atoms with Gasteiger partial charge in [-0.05, 0) is 11.6 Å². The minimum atomic E-state index is -0.812. The van der Waals surface area contributed by atoms with E-state index in [1.54, 1.807) is 24.3 Å². The van der Waals surface area contributed by atoms with Crippen molar-refractivity contribution in [1.82, 2.24) is 4.98 Å². The first-order valence-corrected chi connectivity index (χ1v) is 7.70. The fourth-order valence-corrected chi connectivity index (χ4v) is 2.57. The van der Waals surface area contributed by atoms with Crippen LogP contribution in [0.25, 0.3) is 10.9 Å². The van der Waals surface area contributed by atoms with Crippen molar-refractivity contribution in [2.24, 2.45) is 5.73 Å². The second-order valence-corrected chi connectivity index (χ2v) is 5.57. The topological polar surface area (TPSA) is 85.2 Å². The van der Waals surface area contributed by atoms with Gasteiger partial charge in [0, 0.05) is 29.1 Å². The Balaban J connectivity index is 1.58. The number of Topliss-reactive ketones (excluding diaryl/α,β-unsaturated/α-hetero) is 1. The van der Waals surface area contributed by atoms with E-state index in [0.717, 1.165) is 16.5 Å². The molecule has 0 aliphatic carbocycles. The highest BCUT2D eigenvalue weighted by Crippen LogP contribution is 2.18. The lowest BCUT2D eigenvalue weighted by Crippen LogP contribution is -2.35. The Bertz CT molecular complexity index is 855. The molecule has 0 bridgehead atoms. The summed E-state index contributed by atoms with van der Waals surface area (Å²) in [5.41, 5.74) is 8.38. The van der Waals surface area contributed by atoms with Crippen molar-refractivity contribution in [2.75, 3.05) is 6.61 Å². The van der Waals surface area contributed by atoms with Crippen molar-refractivity contribution in [1.29, 1.82) is 0 Å². The van der Waals surface area contributed by atoms with Crippen LogP contribution in [0.2, 0.25) is 0 Å². The molecule has 0 radical (unpaired) electrons. The number of rotatable bonds is 6. The summed E-state index contributed by atoms with van der Waals surface area (Å²) in [6, 6.07) is 15.7. The lowest BCUT2D eigenvalue weighted by atomic mass is 10.1. The normalized spacial score (nSPS) is 12.0. The van der Waals surface area contributed by atoms with E-state index < -0.39 is 12.0 Å². The van der Waals surface area contributed by atoms with E-state index in [4.69, 9.17) is 10.5 Å². The van der Waals surface area contributed by atoms with Gasteiger partial charge in [0.1, 0.15) is 6.04 Å². The van der Waals surface area contributed by atoms with E-state index in [2.05, 4.69) is 4.98 Å². The molecule has 0 spiro atoms. The van der Waals surface area contributed by atoms with Crippen molar-refractivity contribution < 1.29 is 14.3 Å². The Kier molecular flexibility index (Phi) is 4.72. The third kappa shape index (κ3) is 3.52. The molecule has 3 rings (SSSR count). The molecular formula is C19H18N2O3. The van der Waals surface area contributed by atoms with Crippen LogP contribution in [-0.2, 0) is 16.0 Å². The monoisotopic (exact) mass is 322 g/mol. The van der Waals surface area contributed by atoms with Crippen LogP contribution in [0.4, 0.5) is 0 Å². The zero-order valence-electron chi connectivity index (χ0n) is 13.1. The van der Waals surface area contributed by atoms with Crippen molar-refractivity contribution >= 4 is 22.7 Å². The highest BCUT2D eigenvalue weighted by atomic mass is 16.5. The van der Waals surface area contributed by atoms with Crippen LogP contribution in [0.5, 0.6) is 0 Å². The zero-order chi connectivity index (χ0) is 16.9. The van der Waals surface area contributed by atoms with Gasteiger partial charge in [0.2, 0.25) is 0 Å². The van der Waals surface area contributed by atoms with E-state index in [0.29, 0.717) is 12.0 Å². The number of nitrogens with one attached hydrogen (secondary N) is 1. The number of esters is 1. The average molecular weight is 322 g/mol. The van der Waals surface area contributed by atoms with Gasteiger partial charge in [-0.25, -0.2) is 0 Å². The first-order valence-electron chi connectivity index (χ1n) is 7.70. The molecule has 0 fully saturated rings. The minimum absolute atomic E-state index is 0.247. The highest BCUT2D eigenvalue weighted by Gasteiger charge is 2.19. The number of carbonyl (C=O) groups is 2. The molecular weight excluding hydrogens is 304 g/mol. The number of hydrogen-bond acceptors (Lipinski definition) is 4. The number of para-hydroxylation sites is 1. The summed E-state index contributed by atoms with van der Waals surface area (Å²) < 4.78 is 5.06. The predicted molar refractivity (Wildman–Crippen MR) is 91.7 cm³/mol. The molecule has 1 unspecified atom stereocenters. The average Bonchev–Trinajstić information content (AvgIpc) is 3.03. The maximum atomic E-state index is 12.0. The van der Waals surface area contributed by atoms with Gasteiger partial charge < -0.3 is 15.5 Å². The van der Waals surface area contributed by atoms with Gasteiger partial charge in [0.15, 0.2) is 12.4 Å². The maximum absolute atomic E-state index is 12.0. The first kappa shape index (κ1) is 16.0. The van der Waals surface area contributed by atoms with E-state index >= 15 is 0 Å². The number of fused-ring (bicyclic) bond motifs is 1. The van der Waals surface area contributed by atoms with Crippen molar-refractivity contribution in [3.05, 3.63) is 71.9 Å². The molecule has 5 nitrogen and oxygen atoms in total. The molecule has 3 N–H and O–H groups in total. The molecule has 0 aliphatic heterocycles. The summed E-state index contributed by atoms with van der Waals surface area (Å²) in [6.07, 6.45) is 2.19. The van der Waals surface area contributed by atoms with Crippen molar-refractivity contribution in [3.8, 4) is 0 Å². The Morgan fingerprint density at radius 1 is 1.04 bits per heavy atom. The van der Waals surface area contributed by atoms with Crippen LogP contribution >= 0.6 is 0 Å². The molecule has 1 aromatic heterocycles. The summed E-state index contributed by atoms with van der Waals surface area (Å²) in [4.78, 5) is 27.1. The van der Waals surface area contributed by atoms with Gasteiger partial charge in [-0.3, -0.25) is 9.59 Å². The second kappa shape index (κ2) is 7.10. The zero-order valence-corrected chi connectivity index (χ0v) is 13.1. The molecule has 3 aromatic rings. The number of benzene rings is 2. The summed E-state index contributed by atoms with van der Waals surface area (Å²) in [5, 5.41) is 1.03. The highest BCUT2D eigenvalue weighted by molar-refractivity contribution is 5.98. The molecule has 5 heteroatoms. The van der Waals surface area contributed by atoms with Crippen molar-refractivity contribution in [2.45, 2.75) is 12.5 Å². The number of ether oxygens (including phenoxy) is 1.